The number of para-hydroxylation sites is 1. The van der Waals surface area contributed by atoms with Gasteiger partial charge in [0.2, 0.25) is 0 Å². The zero-order chi connectivity index (χ0) is 34.0. The van der Waals surface area contributed by atoms with E-state index in [1.807, 2.05) is 0 Å². The van der Waals surface area contributed by atoms with Crippen LogP contribution in [0.3, 0.4) is 0 Å². The molecule has 9 aromatic carbocycles. The molecule has 9 rings (SSSR count). The largest absolute Gasteiger partial charge is 0.310 e. The second-order valence-electron chi connectivity index (χ2n) is 12.9. The number of nitrogens with zero attached hydrogens (tertiary/aromatic N) is 1. The maximum absolute atomic E-state index is 2.40. The van der Waals surface area contributed by atoms with Crippen LogP contribution in [0.4, 0.5) is 17.1 Å². The fourth-order valence-electron chi connectivity index (χ4n) is 7.44. The number of hydrogen-bond donors (Lipinski definition) is 0. The minimum Gasteiger partial charge on any atom is -0.310 e. The molecule has 1 nitrogen and oxygen atoms in total. The highest BCUT2D eigenvalue weighted by Crippen LogP contribution is 2.48. The van der Waals surface area contributed by atoms with E-state index in [0.29, 0.717) is 0 Å². The van der Waals surface area contributed by atoms with Crippen LogP contribution in [0.1, 0.15) is 0 Å². The lowest BCUT2D eigenvalue weighted by Crippen LogP contribution is -2.12. The van der Waals surface area contributed by atoms with Gasteiger partial charge in [-0.3, -0.25) is 0 Å². The van der Waals surface area contributed by atoms with Gasteiger partial charge >= 0.3 is 0 Å². The Morgan fingerprint density at radius 1 is 0.275 bits per heavy atom. The molecular formula is C50H35N. The first kappa shape index (κ1) is 30.4. The minimum atomic E-state index is 1.10. The van der Waals surface area contributed by atoms with Gasteiger partial charge in [-0.25, -0.2) is 0 Å². The van der Waals surface area contributed by atoms with Crippen molar-refractivity contribution in [1.29, 1.82) is 0 Å². The van der Waals surface area contributed by atoms with E-state index < -0.39 is 0 Å². The summed E-state index contributed by atoms with van der Waals surface area (Å²) >= 11 is 0. The fourth-order valence-corrected chi connectivity index (χ4v) is 7.44. The van der Waals surface area contributed by atoms with Crippen LogP contribution in [0, 0.1) is 0 Å². The van der Waals surface area contributed by atoms with Crippen LogP contribution >= 0.6 is 0 Å². The van der Waals surface area contributed by atoms with E-state index in [4.69, 9.17) is 0 Å². The molecule has 51 heavy (non-hydrogen) atoms. The van der Waals surface area contributed by atoms with Crippen LogP contribution < -0.4 is 4.90 Å². The standard InChI is InChI=1S/C50H35N/c1-4-15-37(16-5-1)45-23-12-13-24-48(45)50-47(38-17-6-2-7-18-38)25-14-26-49(50)51(42-20-8-3-9-21-42)43-32-29-36(30-33-43)40-31-34-46-41(35-40)28-27-39-19-10-11-22-44(39)46/h1-35H. The van der Waals surface area contributed by atoms with Crippen molar-refractivity contribution in [3.63, 3.8) is 0 Å². The molecule has 240 valence electrons. The molecule has 0 bridgehead atoms. The Morgan fingerprint density at radius 3 is 1.55 bits per heavy atom. The molecule has 0 saturated carbocycles. The van der Waals surface area contributed by atoms with Gasteiger partial charge in [-0.2, -0.15) is 0 Å². The van der Waals surface area contributed by atoms with E-state index in [0.717, 1.165) is 17.1 Å². The molecule has 0 unspecified atom stereocenters. The Bertz CT molecular complexity index is 2610. The summed E-state index contributed by atoms with van der Waals surface area (Å²) in [5.74, 6) is 0. The third-order valence-electron chi connectivity index (χ3n) is 9.87. The first-order valence-corrected chi connectivity index (χ1v) is 17.5. The van der Waals surface area contributed by atoms with E-state index in [1.165, 1.54) is 66.1 Å². The van der Waals surface area contributed by atoms with Gasteiger partial charge < -0.3 is 4.90 Å². The van der Waals surface area contributed by atoms with Crippen molar-refractivity contribution < 1.29 is 0 Å². The summed E-state index contributed by atoms with van der Waals surface area (Å²) in [5, 5.41) is 5.09. The second-order valence-corrected chi connectivity index (χ2v) is 12.9. The monoisotopic (exact) mass is 649 g/mol. The lowest BCUT2D eigenvalue weighted by Gasteiger charge is -2.30. The zero-order valence-corrected chi connectivity index (χ0v) is 28.2. The highest BCUT2D eigenvalue weighted by molar-refractivity contribution is 6.08. The Kier molecular flexibility index (Phi) is 7.92. The van der Waals surface area contributed by atoms with Crippen molar-refractivity contribution in [3.05, 3.63) is 212 Å². The summed E-state index contributed by atoms with van der Waals surface area (Å²) in [7, 11) is 0. The minimum absolute atomic E-state index is 1.10. The molecule has 0 aliphatic rings. The number of rotatable bonds is 7. The molecule has 1 heteroatoms. The quantitative estimate of drug-likeness (QED) is 0.155. The van der Waals surface area contributed by atoms with Gasteiger partial charge in [0.25, 0.3) is 0 Å². The van der Waals surface area contributed by atoms with Crippen LogP contribution in [0.15, 0.2) is 212 Å². The first-order chi connectivity index (χ1) is 25.3. The molecule has 0 N–H and O–H groups in total. The average molecular weight is 650 g/mol. The molecule has 9 aromatic rings. The summed E-state index contributed by atoms with van der Waals surface area (Å²) in [6.45, 7) is 0. The topological polar surface area (TPSA) is 3.24 Å². The summed E-state index contributed by atoms with van der Waals surface area (Å²) in [6.07, 6.45) is 0. The Hall–Kier alpha value is -6.70. The maximum atomic E-state index is 2.40. The lowest BCUT2D eigenvalue weighted by atomic mass is 9.87. The summed E-state index contributed by atoms with van der Waals surface area (Å²) in [4.78, 5) is 2.40. The molecule has 0 spiro atoms. The van der Waals surface area contributed by atoms with Crippen molar-refractivity contribution in [2.45, 2.75) is 0 Å². The van der Waals surface area contributed by atoms with Crippen LogP contribution in [-0.4, -0.2) is 0 Å². The highest BCUT2D eigenvalue weighted by atomic mass is 15.1. The van der Waals surface area contributed by atoms with Gasteiger partial charge in [0.1, 0.15) is 0 Å². The van der Waals surface area contributed by atoms with Crippen molar-refractivity contribution in [1.82, 2.24) is 0 Å². The van der Waals surface area contributed by atoms with Gasteiger partial charge in [-0.05, 0) is 96.9 Å². The molecule has 0 amide bonds. The third kappa shape index (κ3) is 5.75. The van der Waals surface area contributed by atoms with Crippen LogP contribution in [0.25, 0.3) is 66.1 Å². The van der Waals surface area contributed by atoms with E-state index in [2.05, 4.69) is 217 Å². The molecule has 0 atom stereocenters. The summed E-state index contributed by atoms with van der Waals surface area (Å²) < 4.78 is 0. The second kappa shape index (κ2) is 13.3. The summed E-state index contributed by atoms with van der Waals surface area (Å²) in [6, 6.07) is 76.6. The molecule has 0 aliphatic heterocycles. The molecule has 0 heterocycles. The van der Waals surface area contributed by atoms with Gasteiger partial charge in [0.05, 0.1) is 5.69 Å². The maximum Gasteiger partial charge on any atom is 0.0546 e. The molecule has 0 radical (unpaired) electrons. The predicted molar refractivity (Wildman–Crippen MR) is 218 cm³/mol. The van der Waals surface area contributed by atoms with Crippen LogP contribution in [-0.2, 0) is 0 Å². The average Bonchev–Trinajstić information content (AvgIpc) is 3.22. The molecule has 0 aromatic heterocycles. The number of benzene rings is 9. The number of fused-ring (bicyclic) bond motifs is 3. The lowest BCUT2D eigenvalue weighted by molar-refractivity contribution is 1.28. The molecule has 0 aliphatic carbocycles. The SMILES string of the molecule is c1ccc(-c2ccccc2-c2c(-c3ccccc3)cccc2N(c2ccccc2)c2ccc(-c3ccc4c(ccc5ccccc54)c3)cc2)cc1. The van der Waals surface area contributed by atoms with Gasteiger partial charge in [0, 0.05) is 16.9 Å². The third-order valence-corrected chi connectivity index (χ3v) is 9.87. The van der Waals surface area contributed by atoms with E-state index >= 15 is 0 Å². The smallest absolute Gasteiger partial charge is 0.0546 e. The number of anilines is 3. The first-order valence-electron chi connectivity index (χ1n) is 17.5. The van der Waals surface area contributed by atoms with E-state index in [1.54, 1.807) is 0 Å². The van der Waals surface area contributed by atoms with Gasteiger partial charge in [-0.1, -0.05) is 176 Å². The molecule has 0 saturated heterocycles. The normalized spacial score (nSPS) is 11.1. The van der Waals surface area contributed by atoms with Gasteiger partial charge in [-0.15, -0.1) is 0 Å². The Balaban J connectivity index is 1.22. The van der Waals surface area contributed by atoms with Gasteiger partial charge in [0.15, 0.2) is 0 Å². The summed E-state index contributed by atoms with van der Waals surface area (Å²) in [5.41, 5.74) is 12.9. The Labute approximate surface area is 299 Å². The predicted octanol–water partition coefficient (Wildman–Crippen LogP) is 14.1. The van der Waals surface area contributed by atoms with E-state index in [-0.39, 0.29) is 0 Å². The van der Waals surface area contributed by atoms with Crippen LogP contribution in [0.5, 0.6) is 0 Å². The molecule has 0 fully saturated rings. The molecular weight excluding hydrogens is 615 g/mol. The van der Waals surface area contributed by atoms with Crippen LogP contribution in [0.2, 0.25) is 0 Å². The van der Waals surface area contributed by atoms with Crippen molar-refractivity contribution in [2.24, 2.45) is 0 Å². The van der Waals surface area contributed by atoms with Crippen molar-refractivity contribution >= 4 is 38.6 Å². The zero-order valence-electron chi connectivity index (χ0n) is 28.2. The highest BCUT2D eigenvalue weighted by Gasteiger charge is 2.22. The number of hydrogen-bond acceptors (Lipinski definition) is 1. The van der Waals surface area contributed by atoms with E-state index in [9.17, 15) is 0 Å². The van der Waals surface area contributed by atoms with Crippen molar-refractivity contribution in [3.8, 4) is 44.5 Å². The fraction of sp³-hybridized carbons (Fsp3) is 0. The van der Waals surface area contributed by atoms with Crippen molar-refractivity contribution in [2.75, 3.05) is 4.90 Å². The Morgan fingerprint density at radius 2 is 0.804 bits per heavy atom.